The molecule has 0 saturated heterocycles. The number of amides is 1. The summed E-state index contributed by atoms with van der Waals surface area (Å²) >= 11 is 2.09. The van der Waals surface area contributed by atoms with E-state index in [9.17, 15) is 4.79 Å². The van der Waals surface area contributed by atoms with E-state index in [1.807, 2.05) is 6.92 Å². The summed E-state index contributed by atoms with van der Waals surface area (Å²) in [4.78, 5) is 11.6. The Morgan fingerprint density at radius 1 is 1.37 bits per heavy atom. The molecule has 0 aromatic heterocycles. The molecule has 3 N–H and O–H groups in total. The smallest absolute Gasteiger partial charge is 0.237 e. The van der Waals surface area contributed by atoms with Crippen molar-refractivity contribution >= 4 is 17.7 Å². The topological polar surface area (TPSA) is 55.1 Å². The van der Waals surface area contributed by atoms with Crippen molar-refractivity contribution in [2.24, 2.45) is 5.73 Å². The van der Waals surface area contributed by atoms with Crippen LogP contribution in [0.5, 0.6) is 0 Å². The van der Waals surface area contributed by atoms with Crippen LogP contribution in [0.4, 0.5) is 0 Å². The standard InChI is InChI=1S/C15H30N2OS/c1-3-11-17-15(2,14(16)18)10-7-12-19-13-8-5-4-6-9-13/h13,17H,3-12H2,1-2H3,(H2,16,18). The van der Waals surface area contributed by atoms with Gasteiger partial charge in [0.15, 0.2) is 0 Å². The van der Waals surface area contributed by atoms with Crippen LogP contribution in [0, 0.1) is 0 Å². The minimum absolute atomic E-state index is 0.219. The summed E-state index contributed by atoms with van der Waals surface area (Å²) < 4.78 is 0. The predicted molar refractivity (Wildman–Crippen MR) is 84.5 cm³/mol. The van der Waals surface area contributed by atoms with Gasteiger partial charge in [0, 0.05) is 5.25 Å². The van der Waals surface area contributed by atoms with Crippen LogP contribution in [-0.4, -0.2) is 29.0 Å². The van der Waals surface area contributed by atoms with Gasteiger partial charge < -0.3 is 11.1 Å². The average Bonchev–Trinajstić information content (AvgIpc) is 2.42. The van der Waals surface area contributed by atoms with Crippen LogP contribution in [0.3, 0.4) is 0 Å². The third-order valence-corrected chi connectivity index (χ3v) is 5.50. The first kappa shape index (κ1) is 16.8. The van der Waals surface area contributed by atoms with Crippen molar-refractivity contribution < 1.29 is 4.79 Å². The van der Waals surface area contributed by atoms with E-state index in [0.717, 1.165) is 36.8 Å². The molecule has 3 nitrogen and oxygen atoms in total. The molecule has 0 aromatic rings. The maximum absolute atomic E-state index is 11.6. The summed E-state index contributed by atoms with van der Waals surface area (Å²) in [6.07, 6.45) is 9.91. The average molecular weight is 286 g/mol. The molecule has 0 aliphatic heterocycles. The van der Waals surface area contributed by atoms with Gasteiger partial charge in [-0.25, -0.2) is 0 Å². The Bertz CT molecular complexity index is 267. The number of hydrogen-bond donors (Lipinski definition) is 2. The summed E-state index contributed by atoms with van der Waals surface area (Å²) in [6, 6.07) is 0. The number of nitrogens with two attached hydrogens (primary N) is 1. The van der Waals surface area contributed by atoms with Crippen molar-refractivity contribution in [2.75, 3.05) is 12.3 Å². The fourth-order valence-corrected chi connectivity index (χ4v) is 3.92. The lowest BCUT2D eigenvalue weighted by Crippen LogP contribution is -2.53. The molecule has 1 aliphatic carbocycles. The number of primary amides is 1. The Labute approximate surface area is 122 Å². The zero-order valence-corrected chi connectivity index (χ0v) is 13.4. The molecule has 0 bridgehead atoms. The number of carbonyl (C=O) groups excluding carboxylic acids is 1. The highest BCUT2D eigenvalue weighted by molar-refractivity contribution is 7.99. The van der Waals surface area contributed by atoms with E-state index < -0.39 is 5.54 Å². The second-order valence-corrected chi connectivity index (χ2v) is 7.27. The van der Waals surface area contributed by atoms with Crippen LogP contribution in [0.25, 0.3) is 0 Å². The monoisotopic (exact) mass is 286 g/mol. The first-order valence-corrected chi connectivity index (χ1v) is 8.80. The van der Waals surface area contributed by atoms with Gasteiger partial charge in [-0.3, -0.25) is 4.79 Å². The van der Waals surface area contributed by atoms with Gasteiger partial charge in [-0.15, -0.1) is 0 Å². The van der Waals surface area contributed by atoms with Crippen LogP contribution < -0.4 is 11.1 Å². The van der Waals surface area contributed by atoms with Crippen molar-refractivity contribution in [3.63, 3.8) is 0 Å². The maximum atomic E-state index is 11.6. The van der Waals surface area contributed by atoms with E-state index in [0.29, 0.717) is 0 Å². The van der Waals surface area contributed by atoms with E-state index in [4.69, 9.17) is 5.73 Å². The fraction of sp³-hybridized carbons (Fsp3) is 0.933. The predicted octanol–water partition coefficient (Wildman–Crippen LogP) is 3.08. The number of nitrogens with one attached hydrogen (secondary N) is 1. The van der Waals surface area contributed by atoms with E-state index in [1.165, 1.54) is 32.1 Å². The van der Waals surface area contributed by atoms with Gasteiger partial charge >= 0.3 is 0 Å². The molecule has 1 atom stereocenters. The summed E-state index contributed by atoms with van der Waals surface area (Å²) in [6.45, 7) is 4.90. The highest BCUT2D eigenvalue weighted by atomic mass is 32.2. The number of rotatable bonds is 9. The number of carbonyl (C=O) groups is 1. The Hall–Kier alpha value is -0.220. The van der Waals surface area contributed by atoms with Gasteiger partial charge in [0.05, 0.1) is 5.54 Å². The highest BCUT2D eigenvalue weighted by Gasteiger charge is 2.29. The van der Waals surface area contributed by atoms with Crippen molar-refractivity contribution in [3.8, 4) is 0 Å². The minimum atomic E-state index is -0.525. The first-order chi connectivity index (χ1) is 9.08. The molecule has 1 saturated carbocycles. The molecule has 1 unspecified atom stereocenters. The Kier molecular flexibility index (Phi) is 7.84. The molecule has 1 amide bonds. The lowest BCUT2D eigenvalue weighted by atomic mass is 9.95. The van der Waals surface area contributed by atoms with Gasteiger partial charge in [0.25, 0.3) is 0 Å². The Balaban J connectivity index is 2.22. The van der Waals surface area contributed by atoms with Gasteiger partial charge in [0.1, 0.15) is 0 Å². The third kappa shape index (κ3) is 6.17. The van der Waals surface area contributed by atoms with E-state index >= 15 is 0 Å². The zero-order chi connectivity index (χ0) is 14.1. The molecule has 4 heteroatoms. The second-order valence-electron chi connectivity index (χ2n) is 5.86. The highest BCUT2D eigenvalue weighted by Crippen LogP contribution is 2.29. The van der Waals surface area contributed by atoms with Crippen LogP contribution in [-0.2, 0) is 4.79 Å². The van der Waals surface area contributed by atoms with E-state index in [1.54, 1.807) is 0 Å². The maximum Gasteiger partial charge on any atom is 0.237 e. The molecule has 112 valence electrons. The SMILES string of the molecule is CCCNC(C)(CCCSC1CCCCC1)C(N)=O. The van der Waals surface area contributed by atoms with Gasteiger partial charge in [-0.05, 0) is 51.3 Å². The Morgan fingerprint density at radius 3 is 2.63 bits per heavy atom. The lowest BCUT2D eigenvalue weighted by Gasteiger charge is -2.28. The van der Waals surface area contributed by atoms with Crippen LogP contribution in [0.2, 0.25) is 0 Å². The van der Waals surface area contributed by atoms with Crippen LogP contribution >= 0.6 is 11.8 Å². The quantitative estimate of drug-likeness (QED) is 0.640. The lowest BCUT2D eigenvalue weighted by molar-refractivity contribution is -0.124. The molecule has 0 radical (unpaired) electrons. The van der Waals surface area contributed by atoms with Gasteiger partial charge in [0.2, 0.25) is 5.91 Å². The molecule has 0 aromatic carbocycles. The van der Waals surface area contributed by atoms with Crippen LogP contribution in [0.1, 0.15) is 65.2 Å². The third-order valence-electron chi connectivity index (χ3n) is 4.04. The molecule has 0 spiro atoms. The van der Waals surface area contributed by atoms with Gasteiger partial charge in [-0.2, -0.15) is 11.8 Å². The molecular formula is C15H30N2OS. The van der Waals surface area contributed by atoms with Gasteiger partial charge in [-0.1, -0.05) is 26.2 Å². The van der Waals surface area contributed by atoms with E-state index in [-0.39, 0.29) is 5.91 Å². The van der Waals surface area contributed by atoms with Crippen molar-refractivity contribution in [3.05, 3.63) is 0 Å². The Morgan fingerprint density at radius 2 is 2.05 bits per heavy atom. The molecule has 1 aliphatic rings. The van der Waals surface area contributed by atoms with E-state index in [2.05, 4.69) is 24.0 Å². The van der Waals surface area contributed by atoms with Crippen LogP contribution in [0.15, 0.2) is 0 Å². The summed E-state index contributed by atoms with van der Waals surface area (Å²) in [5, 5.41) is 4.16. The summed E-state index contributed by atoms with van der Waals surface area (Å²) in [5.74, 6) is 0.935. The minimum Gasteiger partial charge on any atom is -0.368 e. The molecular weight excluding hydrogens is 256 g/mol. The molecule has 1 fully saturated rings. The molecule has 1 rings (SSSR count). The summed E-state index contributed by atoms with van der Waals surface area (Å²) in [7, 11) is 0. The largest absolute Gasteiger partial charge is 0.368 e. The van der Waals surface area contributed by atoms with Crippen molar-refractivity contribution in [2.45, 2.75) is 76.0 Å². The summed E-state index contributed by atoms with van der Waals surface area (Å²) in [5.41, 5.74) is 5.00. The second kappa shape index (κ2) is 8.85. The molecule has 0 heterocycles. The normalized spacial score (nSPS) is 20.1. The van der Waals surface area contributed by atoms with Crippen molar-refractivity contribution in [1.29, 1.82) is 0 Å². The van der Waals surface area contributed by atoms with Crippen molar-refractivity contribution in [1.82, 2.24) is 5.32 Å². The first-order valence-electron chi connectivity index (χ1n) is 7.75. The number of hydrogen-bond acceptors (Lipinski definition) is 3. The fourth-order valence-electron chi connectivity index (χ4n) is 2.61. The number of thioether (sulfide) groups is 1. The zero-order valence-electron chi connectivity index (χ0n) is 12.5. The molecule has 19 heavy (non-hydrogen) atoms.